The number of fused-ring (bicyclic) bond motifs is 4. The van der Waals surface area contributed by atoms with Gasteiger partial charge in [-0.3, -0.25) is 4.90 Å². The molecule has 1 aromatic rings. The van der Waals surface area contributed by atoms with Crippen LogP contribution in [0.5, 0.6) is 0 Å². The predicted molar refractivity (Wildman–Crippen MR) is 101 cm³/mol. The molecule has 3 atom stereocenters. The summed E-state index contributed by atoms with van der Waals surface area (Å²) in [6.45, 7) is 6.12. The molecule has 3 aliphatic heterocycles. The molecule has 0 radical (unpaired) electrons. The van der Waals surface area contributed by atoms with Gasteiger partial charge in [-0.2, -0.15) is 0 Å². The standard InChI is InChI=1S/C22H34N2/c1-2-3-4-5-7-17-9-10-20-18(14-17)11-13-24-16-19-8-6-12-23-21(19)15-22(20)24/h9-10,14,19,21-23H,2-8,11-13,15-16H2,1H3/t19-,21+,22+/m0/s1. The number of nitrogens with one attached hydrogen (secondary N) is 1. The smallest absolute Gasteiger partial charge is 0.0366 e. The first-order valence-electron chi connectivity index (χ1n) is 10.4. The monoisotopic (exact) mass is 326 g/mol. The Morgan fingerprint density at radius 3 is 3.08 bits per heavy atom. The van der Waals surface area contributed by atoms with Crippen LogP contribution in [0.3, 0.4) is 0 Å². The maximum Gasteiger partial charge on any atom is 0.0366 e. The lowest BCUT2D eigenvalue weighted by atomic mass is 9.77. The molecular weight excluding hydrogens is 292 g/mol. The zero-order valence-electron chi connectivity index (χ0n) is 15.4. The summed E-state index contributed by atoms with van der Waals surface area (Å²) in [4.78, 5) is 2.79. The third-order valence-corrected chi connectivity index (χ3v) is 6.67. The zero-order valence-corrected chi connectivity index (χ0v) is 15.4. The largest absolute Gasteiger partial charge is 0.314 e. The van der Waals surface area contributed by atoms with E-state index in [1.807, 2.05) is 0 Å². The highest BCUT2D eigenvalue weighted by Crippen LogP contribution is 2.40. The number of aryl methyl sites for hydroxylation is 1. The topological polar surface area (TPSA) is 15.3 Å². The summed E-state index contributed by atoms with van der Waals surface area (Å²) in [6.07, 6.45) is 12.1. The molecule has 2 heteroatoms. The molecule has 24 heavy (non-hydrogen) atoms. The van der Waals surface area contributed by atoms with E-state index in [1.54, 1.807) is 16.7 Å². The van der Waals surface area contributed by atoms with E-state index in [0.717, 1.165) is 12.0 Å². The molecule has 0 aliphatic carbocycles. The molecule has 0 amide bonds. The van der Waals surface area contributed by atoms with E-state index in [2.05, 4.69) is 35.3 Å². The van der Waals surface area contributed by atoms with Gasteiger partial charge in [0.05, 0.1) is 0 Å². The average molecular weight is 327 g/mol. The van der Waals surface area contributed by atoms with Crippen LogP contribution < -0.4 is 5.32 Å². The van der Waals surface area contributed by atoms with Crippen molar-refractivity contribution in [2.45, 2.75) is 76.8 Å². The van der Waals surface area contributed by atoms with Gasteiger partial charge in [-0.15, -0.1) is 0 Å². The van der Waals surface area contributed by atoms with Crippen molar-refractivity contribution in [1.82, 2.24) is 10.2 Å². The summed E-state index contributed by atoms with van der Waals surface area (Å²) >= 11 is 0. The lowest BCUT2D eigenvalue weighted by molar-refractivity contribution is 0.0552. The van der Waals surface area contributed by atoms with Gasteiger partial charge in [0.2, 0.25) is 0 Å². The van der Waals surface area contributed by atoms with Crippen LogP contribution >= 0.6 is 0 Å². The predicted octanol–water partition coefficient (Wildman–Crippen LogP) is 4.48. The van der Waals surface area contributed by atoms with Crippen LogP contribution in [-0.2, 0) is 12.8 Å². The minimum Gasteiger partial charge on any atom is -0.314 e. The van der Waals surface area contributed by atoms with Crippen molar-refractivity contribution < 1.29 is 0 Å². The first kappa shape index (κ1) is 16.6. The molecule has 1 aromatic carbocycles. The summed E-state index contributed by atoms with van der Waals surface area (Å²) in [5.41, 5.74) is 4.87. The fourth-order valence-electron chi connectivity index (χ4n) is 5.28. The van der Waals surface area contributed by atoms with E-state index in [4.69, 9.17) is 0 Å². The van der Waals surface area contributed by atoms with Crippen LogP contribution in [0.4, 0.5) is 0 Å². The second-order valence-corrected chi connectivity index (χ2v) is 8.30. The highest BCUT2D eigenvalue weighted by Gasteiger charge is 2.39. The van der Waals surface area contributed by atoms with Gasteiger partial charge in [-0.25, -0.2) is 0 Å². The van der Waals surface area contributed by atoms with Crippen molar-refractivity contribution in [2.24, 2.45) is 5.92 Å². The van der Waals surface area contributed by atoms with Crippen molar-refractivity contribution in [3.8, 4) is 0 Å². The minimum absolute atomic E-state index is 0.676. The third kappa shape index (κ3) is 3.41. The summed E-state index contributed by atoms with van der Waals surface area (Å²) in [6, 6.07) is 8.88. The van der Waals surface area contributed by atoms with Gasteiger partial charge in [0.15, 0.2) is 0 Å². The number of unbranched alkanes of at least 4 members (excludes halogenated alkanes) is 3. The lowest BCUT2D eigenvalue weighted by Gasteiger charge is -2.49. The Morgan fingerprint density at radius 2 is 2.17 bits per heavy atom. The summed E-state index contributed by atoms with van der Waals surface area (Å²) < 4.78 is 0. The van der Waals surface area contributed by atoms with Gasteiger partial charge in [0.25, 0.3) is 0 Å². The molecule has 132 valence electrons. The minimum atomic E-state index is 0.676. The highest BCUT2D eigenvalue weighted by molar-refractivity contribution is 5.37. The van der Waals surface area contributed by atoms with E-state index in [0.29, 0.717) is 6.04 Å². The summed E-state index contributed by atoms with van der Waals surface area (Å²) in [5.74, 6) is 0.898. The molecule has 0 saturated carbocycles. The van der Waals surface area contributed by atoms with Crippen LogP contribution in [0, 0.1) is 5.92 Å². The van der Waals surface area contributed by atoms with Gasteiger partial charge in [0.1, 0.15) is 0 Å². The van der Waals surface area contributed by atoms with Gasteiger partial charge in [-0.05, 0) is 67.7 Å². The molecule has 1 N–H and O–H groups in total. The van der Waals surface area contributed by atoms with Crippen LogP contribution in [0.2, 0.25) is 0 Å². The number of nitrogens with zero attached hydrogens (tertiary/aromatic N) is 1. The van der Waals surface area contributed by atoms with Gasteiger partial charge >= 0.3 is 0 Å². The second kappa shape index (κ2) is 7.58. The van der Waals surface area contributed by atoms with E-state index < -0.39 is 0 Å². The zero-order chi connectivity index (χ0) is 16.4. The Hall–Kier alpha value is -0.860. The number of rotatable bonds is 5. The Bertz CT molecular complexity index is 553. The fourth-order valence-corrected chi connectivity index (χ4v) is 5.28. The SMILES string of the molecule is CCCCCCc1ccc2c(c1)CCN1C[C@@H]3CCCN[C@@H]3C[C@H]21. The first-order valence-corrected chi connectivity index (χ1v) is 10.4. The normalized spacial score (nSPS) is 29.6. The molecule has 3 heterocycles. The molecule has 0 spiro atoms. The van der Waals surface area contributed by atoms with Gasteiger partial charge in [0, 0.05) is 25.2 Å². The van der Waals surface area contributed by atoms with Crippen LogP contribution in [0.25, 0.3) is 0 Å². The number of hydrogen-bond acceptors (Lipinski definition) is 2. The maximum absolute atomic E-state index is 3.81. The van der Waals surface area contributed by atoms with Crippen LogP contribution in [0.1, 0.15) is 74.6 Å². The Morgan fingerprint density at radius 1 is 1.21 bits per heavy atom. The quantitative estimate of drug-likeness (QED) is 0.803. The molecule has 0 aromatic heterocycles. The molecule has 4 rings (SSSR count). The Kier molecular flexibility index (Phi) is 5.24. The third-order valence-electron chi connectivity index (χ3n) is 6.67. The van der Waals surface area contributed by atoms with E-state index in [-0.39, 0.29) is 0 Å². The van der Waals surface area contributed by atoms with Crippen molar-refractivity contribution in [3.05, 3.63) is 34.9 Å². The van der Waals surface area contributed by atoms with Crippen molar-refractivity contribution in [1.29, 1.82) is 0 Å². The van der Waals surface area contributed by atoms with E-state index in [9.17, 15) is 0 Å². The molecule has 2 fully saturated rings. The maximum atomic E-state index is 3.81. The van der Waals surface area contributed by atoms with Crippen molar-refractivity contribution >= 4 is 0 Å². The van der Waals surface area contributed by atoms with Crippen LogP contribution in [-0.4, -0.2) is 30.6 Å². The summed E-state index contributed by atoms with van der Waals surface area (Å²) in [7, 11) is 0. The van der Waals surface area contributed by atoms with Gasteiger partial charge < -0.3 is 5.32 Å². The number of benzene rings is 1. The van der Waals surface area contributed by atoms with E-state index in [1.165, 1.54) is 77.4 Å². The Balaban J connectivity index is 1.45. The van der Waals surface area contributed by atoms with E-state index >= 15 is 0 Å². The number of piperidine rings is 2. The average Bonchev–Trinajstić information content (AvgIpc) is 2.63. The van der Waals surface area contributed by atoms with Crippen LogP contribution in [0.15, 0.2) is 18.2 Å². The molecule has 2 nitrogen and oxygen atoms in total. The molecule has 0 unspecified atom stereocenters. The molecule has 0 bridgehead atoms. The van der Waals surface area contributed by atoms with Crippen molar-refractivity contribution in [2.75, 3.05) is 19.6 Å². The number of hydrogen-bond donors (Lipinski definition) is 1. The molecule has 3 aliphatic rings. The Labute approximate surface area is 148 Å². The second-order valence-electron chi connectivity index (χ2n) is 8.30. The fraction of sp³-hybridized carbons (Fsp3) is 0.727. The van der Waals surface area contributed by atoms with Gasteiger partial charge in [-0.1, -0.05) is 44.4 Å². The molecular formula is C22H34N2. The first-order chi connectivity index (χ1) is 11.8. The highest BCUT2D eigenvalue weighted by atomic mass is 15.2. The molecule has 2 saturated heterocycles. The van der Waals surface area contributed by atoms with Crippen molar-refractivity contribution in [3.63, 3.8) is 0 Å². The lowest BCUT2D eigenvalue weighted by Crippen LogP contribution is -2.54. The summed E-state index contributed by atoms with van der Waals surface area (Å²) in [5, 5.41) is 3.81.